The summed E-state index contributed by atoms with van der Waals surface area (Å²) >= 11 is 0. The highest BCUT2D eigenvalue weighted by Crippen LogP contribution is 2.23. The summed E-state index contributed by atoms with van der Waals surface area (Å²) in [5, 5.41) is 15.3. The number of para-hydroxylation sites is 1. The minimum absolute atomic E-state index is 0.125. The first-order valence-electron chi connectivity index (χ1n) is 5.74. The molecule has 2 heterocycles. The molecule has 0 N–H and O–H groups in total. The second kappa shape index (κ2) is 4.54. The molecule has 20 heavy (non-hydrogen) atoms. The molecular formula is C13H8N4O3. The number of fused-ring (bicyclic) bond motifs is 1. The predicted molar refractivity (Wildman–Crippen MR) is 70.9 cm³/mol. The summed E-state index contributed by atoms with van der Waals surface area (Å²) in [6, 6.07) is 10.4. The average molecular weight is 268 g/mol. The monoisotopic (exact) mass is 268 g/mol. The predicted octanol–water partition coefficient (Wildman–Crippen LogP) is 2.14. The van der Waals surface area contributed by atoms with Crippen molar-refractivity contribution in [1.82, 2.24) is 14.8 Å². The second-order valence-corrected chi connectivity index (χ2v) is 4.07. The first-order valence-corrected chi connectivity index (χ1v) is 5.74. The van der Waals surface area contributed by atoms with Gasteiger partial charge in [0.25, 0.3) is 5.69 Å². The number of nitrogens with zero attached hydrogens (tertiary/aromatic N) is 4. The number of carbonyl (C=O) groups is 1. The van der Waals surface area contributed by atoms with Gasteiger partial charge in [0.15, 0.2) is 11.9 Å². The first-order chi connectivity index (χ1) is 9.70. The van der Waals surface area contributed by atoms with E-state index in [0.29, 0.717) is 17.3 Å². The van der Waals surface area contributed by atoms with Crippen molar-refractivity contribution in [2.24, 2.45) is 0 Å². The molecule has 2 aromatic heterocycles. The van der Waals surface area contributed by atoms with Gasteiger partial charge in [-0.15, -0.1) is 0 Å². The topological polar surface area (TPSA) is 90.9 Å². The van der Waals surface area contributed by atoms with E-state index in [9.17, 15) is 14.9 Å². The fourth-order valence-corrected chi connectivity index (χ4v) is 1.95. The van der Waals surface area contributed by atoms with Crippen molar-refractivity contribution < 1.29 is 9.72 Å². The van der Waals surface area contributed by atoms with Gasteiger partial charge in [-0.05, 0) is 12.1 Å². The van der Waals surface area contributed by atoms with Crippen LogP contribution < -0.4 is 0 Å². The summed E-state index contributed by atoms with van der Waals surface area (Å²) in [5.74, 6) is 0. The molecule has 0 fully saturated rings. The molecule has 7 nitrogen and oxygen atoms in total. The van der Waals surface area contributed by atoms with Crippen LogP contribution in [-0.4, -0.2) is 26.0 Å². The Morgan fingerprint density at radius 3 is 2.65 bits per heavy atom. The second-order valence-electron chi connectivity index (χ2n) is 4.07. The lowest BCUT2D eigenvalue weighted by Crippen LogP contribution is -1.98. The van der Waals surface area contributed by atoms with Gasteiger partial charge in [-0.2, -0.15) is 5.10 Å². The van der Waals surface area contributed by atoms with Gasteiger partial charge in [-0.1, -0.05) is 18.2 Å². The molecule has 0 saturated carbocycles. The average Bonchev–Trinajstić information content (AvgIpc) is 2.86. The zero-order chi connectivity index (χ0) is 14.1. The molecule has 3 aromatic rings. The maximum absolute atomic E-state index is 11.1. The Bertz CT molecular complexity index is 811. The minimum Gasteiger partial charge on any atom is -0.296 e. The van der Waals surface area contributed by atoms with Crippen molar-refractivity contribution in [1.29, 1.82) is 0 Å². The number of hydrogen-bond donors (Lipinski definition) is 0. The fraction of sp³-hybridized carbons (Fsp3) is 0. The van der Waals surface area contributed by atoms with Crippen molar-refractivity contribution in [3.63, 3.8) is 0 Å². The van der Waals surface area contributed by atoms with Gasteiger partial charge < -0.3 is 0 Å². The smallest absolute Gasteiger partial charge is 0.288 e. The van der Waals surface area contributed by atoms with Gasteiger partial charge in [0.05, 0.1) is 16.0 Å². The van der Waals surface area contributed by atoms with Crippen molar-refractivity contribution >= 4 is 23.0 Å². The molecule has 0 aliphatic carbocycles. The van der Waals surface area contributed by atoms with Gasteiger partial charge in [0, 0.05) is 6.07 Å². The van der Waals surface area contributed by atoms with Crippen LogP contribution in [0, 0.1) is 10.1 Å². The van der Waals surface area contributed by atoms with Crippen molar-refractivity contribution in [2.45, 2.75) is 0 Å². The summed E-state index contributed by atoms with van der Waals surface area (Å²) in [6.45, 7) is 0. The quantitative estimate of drug-likeness (QED) is 0.412. The minimum atomic E-state index is -0.555. The van der Waals surface area contributed by atoms with Gasteiger partial charge in [-0.25, -0.2) is 9.67 Å². The Hall–Kier alpha value is -3.09. The summed E-state index contributed by atoms with van der Waals surface area (Å²) in [7, 11) is 0. The summed E-state index contributed by atoms with van der Waals surface area (Å²) in [6.07, 6.45) is 1.71. The van der Waals surface area contributed by atoms with Crippen molar-refractivity contribution in [3.8, 4) is 5.69 Å². The third-order valence-electron chi connectivity index (χ3n) is 2.86. The van der Waals surface area contributed by atoms with Crippen LogP contribution in [-0.2, 0) is 0 Å². The van der Waals surface area contributed by atoms with Crippen LogP contribution in [0.25, 0.3) is 16.7 Å². The number of rotatable bonds is 3. The molecule has 0 amide bonds. The highest BCUT2D eigenvalue weighted by Gasteiger charge is 2.16. The zero-order valence-corrected chi connectivity index (χ0v) is 10.1. The highest BCUT2D eigenvalue weighted by atomic mass is 16.6. The van der Waals surface area contributed by atoms with Crippen LogP contribution in [0.4, 0.5) is 5.69 Å². The number of aromatic nitrogens is 3. The number of pyridine rings is 1. The lowest BCUT2D eigenvalue weighted by atomic mass is 10.2. The van der Waals surface area contributed by atoms with Crippen LogP contribution in [0.1, 0.15) is 10.5 Å². The molecule has 0 aliphatic heterocycles. The molecule has 0 bridgehead atoms. The van der Waals surface area contributed by atoms with Gasteiger partial charge >= 0.3 is 0 Å². The van der Waals surface area contributed by atoms with E-state index >= 15 is 0 Å². The van der Waals surface area contributed by atoms with Crippen LogP contribution in [0.2, 0.25) is 0 Å². The molecule has 0 saturated heterocycles. The van der Waals surface area contributed by atoms with Gasteiger partial charge in [-0.3, -0.25) is 14.9 Å². The summed E-state index contributed by atoms with van der Waals surface area (Å²) < 4.78 is 1.49. The lowest BCUT2D eigenvalue weighted by molar-refractivity contribution is -0.385. The maximum atomic E-state index is 11.1. The first kappa shape index (κ1) is 12.0. The van der Waals surface area contributed by atoms with Crippen molar-refractivity contribution in [3.05, 3.63) is 58.4 Å². The Labute approximate surface area is 112 Å². The third-order valence-corrected chi connectivity index (χ3v) is 2.86. The molecule has 98 valence electrons. The Morgan fingerprint density at radius 2 is 2.00 bits per heavy atom. The summed E-state index contributed by atoms with van der Waals surface area (Å²) in [4.78, 5) is 25.3. The molecule has 7 heteroatoms. The van der Waals surface area contributed by atoms with Gasteiger partial charge in [0.1, 0.15) is 11.9 Å². The highest BCUT2D eigenvalue weighted by molar-refractivity contribution is 5.95. The van der Waals surface area contributed by atoms with E-state index in [-0.39, 0.29) is 11.4 Å². The number of carbonyl (C=O) groups excluding carboxylic acids is 1. The van der Waals surface area contributed by atoms with E-state index in [0.717, 1.165) is 11.9 Å². The van der Waals surface area contributed by atoms with Crippen LogP contribution in [0.15, 0.2) is 42.6 Å². The fourth-order valence-electron chi connectivity index (χ4n) is 1.95. The standard InChI is InChI=1S/C13H8N4O3/c18-8-12-11-6-10(17(19)20)7-14-13(11)16(15-12)9-4-2-1-3-5-9/h1-8H. The molecule has 0 spiro atoms. The number of nitro groups is 1. The molecule has 0 atom stereocenters. The molecule has 0 unspecified atom stereocenters. The lowest BCUT2D eigenvalue weighted by Gasteiger charge is -2.01. The SMILES string of the molecule is O=Cc1nn(-c2ccccc2)c2ncc([N+](=O)[O-])cc12. The van der Waals surface area contributed by atoms with E-state index in [4.69, 9.17) is 0 Å². The largest absolute Gasteiger partial charge is 0.296 e. The normalized spacial score (nSPS) is 10.6. The Morgan fingerprint density at radius 1 is 1.25 bits per heavy atom. The van der Waals surface area contributed by atoms with E-state index in [2.05, 4.69) is 10.1 Å². The van der Waals surface area contributed by atoms with Gasteiger partial charge in [0.2, 0.25) is 0 Å². The Kier molecular flexibility index (Phi) is 2.72. The van der Waals surface area contributed by atoms with E-state index in [1.54, 1.807) is 0 Å². The molecule has 0 aliphatic rings. The maximum Gasteiger partial charge on any atom is 0.288 e. The number of benzene rings is 1. The molecular weight excluding hydrogens is 260 g/mol. The third kappa shape index (κ3) is 1.81. The van der Waals surface area contributed by atoms with E-state index in [1.165, 1.54) is 10.7 Å². The zero-order valence-electron chi connectivity index (χ0n) is 10.1. The Balaban J connectivity index is 2.30. The van der Waals surface area contributed by atoms with Crippen LogP contribution in [0.5, 0.6) is 0 Å². The number of aldehydes is 1. The number of hydrogen-bond acceptors (Lipinski definition) is 5. The van der Waals surface area contributed by atoms with E-state index in [1.807, 2.05) is 30.3 Å². The van der Waals surface area contributed by atoms with Crippen LogP contribution >= 0.6 is 0 Å². The summed E-state index contributed by atoms with van der Waals surface area (Å²) in [5.41, 5.74) is 1.09. The molecule has 0 radical (unpaired) electrons. The van der Waals surface area contributed by atoms with Crippen LogP contribution in [0.3, 0.4) is 0 Å². The van der Waals surface area contributed by atoms with E-state index < -0.39 is 4.92 Å². The molecule has 1 aromatic carbocycles. The van der Waals surface area contributed by atoms with Crippen molar-refractivity contribution in [2.75, 3.05) is 0 Å². The molecule has 3 rings (SSSR count).